The monoisotopic (exact) mass is 283 g/mol. The van der Waals surface area contributed by atoms with Crippen molar-refractivity contribution in [3.63, 3.8) is 0 Å². The van der Waals surface area contributed by atoms with Crippen LogP contribution >= 0.6 is 0 Å². The number of rotatable bonds is 4. The zero-order valence-electron chi connectivity index (χ0n) is 12.2. The quantitative estimate of drug-likeness (QED) is 0.871. The van der Waals surface area contributed by atoms with Crippen LogP contribution in [-0.4, -0.2) is 6.04 Å². The van der Waals surface area contributed by atoms with Gasteiger partial charge in [0.15, 0.2) is 0 Å². The Morgan fingerprint density at radius 1 is 1.24 bits per heavy atom. The van der Waals surface area contributed by atoms with Crippen molar-refractivity contribution in [2.24, 2.45) is 0 Å². The molecular formula is C17H18FN3. The maximum Gasteiger partial charge on any atom is 0.124 e. The molecule has 0 radical (unpaired) electrons. The Kier molecular flexibility index (Phi) is 4.44. The molecule has 0 spiro atoms. The fourth-order valence-electron chi connectivity index (χ4n) is 2.28. The van der Waals surface area contributed by atoms with Crippen molar-refractivity contribution in [3.8, 4) is 6.07 Å². The molecule has 0 fully saturated rings. The summed E-state index contributed by atoms with van der Waals surface area (Å²) in [6, 6.07) is 14.2. The largest absolute Gasteiger partial charge is 0.399 e. The molecule has 0 aliphatic heterocycles. The molecule has 2 aromatic rings. The zero-order chi connectivity index (χ0) is 15.4. The van der Waals surface area contributed by atoms with Crippen LogP contribution in [0.15, 0.2) is 42.5 Å². The smallest absolute Gasteiger partial charge is 0.124 e. The molecule has 2 rings (SSSR count). The molecule has 0 saturated heterocycles. The topological polar surface area (TPSA) is 53.0 Å². The summed E-state index contributed by atoms with van der Waals surface area (Å²) in [4.78, 5) is 2.06. The first kappa shape index (κ1) is 14.9. The zero-order valence-corrected chi connectivity index (χ0v) is 12.2. The Bertz CT molecular complexity index is 674. The van der Waals surface area contributed by atoms with E-state index in [1.807, 2.05) is 38.1 Å². The van der Waals surface area contributed by atoms with E-state index in [-0.39, 0.29) is 6.04 Å². The number of hydrogen-bond donors (Lipinski definition) is 1. The molecule has 0 amide bonds. The lowest BCUT2D eigenvalue weighted by atomic mass is 10.1. The van der Waals surface area contributed by atoms with E-state index < -0.39 is 5.82 Å². The molecule has 21 heavy (non-hydrogen) atoms. The Morgan fingerprint density at radius 3 is 2.62 bits per heavy atom. The second-order valence-corrected chi connectivity index (χ2v) is 5.24. The number of halogens is 1. The number of nitrogens with zero attached hydrogens (tertiary/aromatic N) is 2. The van der Waals surface area contributed by atoms with E-state index in [1.54, 1.807) is 6.07 Å². The van der Waals surface area contributed by atoms with Crippen LogP contribution in [0.25, 0.3) is 0 Å². The average molecular weight is 283 g/mol. The number of hydrogen-bond acceptors (Lipinski definition) is 3. The summed E-state index contributed by atoms with van der Waals surface area (Å²) in [6.07, 6.45) is 0. The van der Waals surface area contributed by atoms with Gasteiger partial charge in [-0.15, -0.1) is 0 Å². The molecule has 0 aliphatic rings. The van der Waals surface area contributed by atoms with Gasteiger partial charge in [0, 0.05) is 18.3 Å². The molecule has 0 saturated carbocycles. The molecule has 2 N–H and O–H groups in total. The summed E-state index contributed by atoms with van der Waals surface area (Å²) < 4.78 is 13.3. The molecule has 4 heteroatoms. The average Bonchev–Trinajstić information content (AvgIpc) is 2.45. The van der Waals surface area contributed by atoms with E-state index >= 15 is 0 Å². The lowest BCUT2D eigenvalue weighted by Gasteiger charge is -2.30. The minimum absolute atomic E-state index is 0.170. The Morgan fingerprint density at radius 2 is 2.00 bits per heavy atom. The van der Waals surface area contributed by atoms with Crippen molar-refractivity contribution in [1.82, 2.24) is 0 Å². The van der Waals surface area contributed by atoms with Crippen LogP contribution < -0.4 is 10.6 Å². The second-order valence-electron chi connectivity index (χ2n) is 5.24. The van der Waals surface area contributed by atoms with Gasteiger partial charge >= 0.3 is 0 Å². The van der Waals surface area contributed by atoms with Gasteiger partial charge in [-0.1, -0.05) is 12.1 Å². The van der Waals surface area contributed by atoms with E-state index in [9.17, 15) is 9.65 Å². The standard InChI is InChI=1S/C17H18FN3/c1-12(2)21(11-13-4-3-5-16(20)8-13)17-7-6-15(18)9-14(17)10-19/h3-9,12H,11,20H2,1-2H3. The second kappa shape index (κ2) is 6.27. The highest BCUT2D eigenvalue weighted by atomic mass is 19.1. The summed E-state index contributed by atoms with van der Waals surface area (Å²) in [6.45, 7) is 4.69. The number of benzene rings is 2. The predicted octanol–water partition coefficient (Wildman–Crippen LogP) is 3.69. The predicted molar refractivity (Wildman–Crippen MR) is 83.3 cm³/mol. The summed E-state index contributed by atoms with van der Waals surface area (Å²) in [7, 11) is 0. The molecule has 108 valence electrons. The minimum atomic E-state index is -0.400. The first-order chi connectivity index (χ1) is 10.0. The maximum atomic E-state index is 13.3. The van der Waals surface area contributed by atoms with Crippen LogP contribution in [0.4, 0.5) is 15.8 Å². The third-order valence-corrected chi connectivity index (χ3v) is 3.32. The Balaban J connectivity index is 2.38. The molecule has 0 atom stereocenters. The van der Waals surface area contributed by atoms with Gasteiger partial charge in [-0.25, -0.2) is 4.39 Å². The van der Waals surface area contributed by atoms with Gasteiger partial charge in [-0.2, -0.15) is 5.26 Å². The highest BCUT2D eigenvalue weighted by molar-refractivity contribution is 5.60. The van der Waals surface area contributed by atoms with Gasteiger partial charge in [0.05, 0.1) is 11.3 Å². The van der Waals surface area contributed by atoms with Crippen LogP contribution in [0.5, 0.6) is 0 Å². The van der Waals surface area contributed by atoms with Crippen molar-refractivity contribution in [2.45, 2.75) is 26.4 Å². The number of nitrogens with two attached hydrogens (primary N) is 1. The van der Waals surface area contributed by atoms with Gasteiger partial charge in [0.25, 0.3) is 0 Å². The Labute approximate surface area is 124 Å². The lowest BCUT2D eigenvalue weighted by molar-refractivity contribution is 0.625. The van der Waals surface area contributed by atoms with Gasteiger partial charge in [0.2, 0.25) is 0 Å². The molecule has 0 aliphatic carbocycles. The van der Waals surface area contributed by atoms with Crippen LogP contribution in [0.2, 0.25) is 0 Å². The van der Waals surface area contributed by atoms with Gasteiger partial charge in [-0.3, -0.25) is 0 Å². The van der Waals surface area contributed by atoms with Crippen molar-refractivity contribution in [3.05, 3.63) is 59.4 Å². The van der Waals surface area contributed by atoms with Gasteiger partial charge in [-0.05, 0) is 49.7 Å². The molecular weight excluding hydrogens is 265 g/mol. The van der Waals surface area contributed by atoms with Gasteiger partial charge < -0.3 is 10.6 Å². The molecule has 0 aromatic heterocycles. The highest BCUT2D eigenvalue weighted by Crippen LogP contribution is 2.25. The molecule has 2 aromatic carbocycles. The third-order valence-electron chi connectivity index (χ3n) is 3.32. The normalized spacial score (nSPS) is 10.4. The summed E-state index contributed by atoms with van der Waals surface area (Å²) in [5.41, 5.74) is 8.63. The van der Waals surface area contributed by atoms with E-state index in [4.69, 9.17) is 5.73 Å². The fraction of sp³-hybridized carbons (Fsp3) is 0.235. The third kappa shape index (κ3) is 3.51. The first-order valence-electron chi connectivity index (χ1n) is 6.82. The van der Waals surface area contributed by atoms with E-state index in [2.05, 4.69) is 11.0 Å². The van der Waals surface area contributed by atoms with Crippen molar-refractivity contribution >= 4 is 11.4 Å². The molecule has 0 bridgehead atoms. The maximum absolute atomic E-state index is 13.3. The fourth-order valence-corrected chi connectivity index (χ4v) is 2.28. The SMILES string of the molecule is CC(C)N(Cc1cccc(N)c1)c1ccc(F)cc1C#N. The van der Waals surface area contributed by atoms with Crippen LogP contribution in [-0.2, 0) is 6.54 Å². The van der Waals surface area contributed by atoms with Crippen LogP contribution in [0, 0.1) is 17.1 Å². The molecule has 3 nitrogen and oxygen atoms in total. The number of nitriles is 1. The van der Waals surface area contributed by atoms with Gasteiger partial charge in [0.1, 0.15) is 11.9 Å². The van der Waals surface area contributed by atoms with Crippen molar-refractivity contribution in [2.75, 3.05) is 10.6 Å². The first-order valence-corrected chi connectivity index (χ1v) is 6.82. The lowest BCUT2D eigenvalue weighted by Crippen LogP contribution is -2.30. The van der Waals surface area contributed by atoms with Crippen molar-refractivity contribution in [1.29, 1.82) is 5.26 Å². The molecule has 0 heterocycles. The summed E-state index contributed by atoms with van der Waals surface area (Å²) in [5.74, 6) is -0.400. The highest BCUT2D eigenvalue weighted by Gasteiger charge is 2.15. The molecule has 0 unspecified atom stereocenters. The van der Waals surface area contributed by atoms with Crippen LogP contribution in [0.3, 0.4) is 0 Å². The van der Waals surface area contributed by atoms with E-state index in [1.165, 1.54) is 12.1 Å². The number of nitrogen functional groups attached to an aromatic ring is 1. The van der Waals surface area contributed by atoms with E-state index in [0.717, 1.165) is 11.3 Å². The minimum Gasteiger partial charge on any atom is -0.399 e. The van der Waals surface area contributed by atoms with Crippen molar-refractivity contribution < 1.29 is 4.39 Å². The van der Waals surface area contributed by atoms with E-state index in [0.29, 0.717) is 17.8 Å². The summed E-state index contributed by atoms with van der Waals surface area (Å²) >= 11 is 0. The van der Waals surface area contributed by atoms with Crippen LogP contribution in [0.1, 0.15) is 25.0 Å². The number of anilines is 2. The Hall–Kier alpha value is -2.54. The summed E-state index contributed by atoms with van der Waals surface area (Å²) in [5, 5.41) is 9.22.